The van der Waals surface area contributed by atoms with Crippen LogP contribution in [-0.2, 0) is 22.6 Å². The van der Waals surface area contributed by atoms with E-state index in [-0.39, 0.29) is 23.6 Å². The van der Waals surface area contributed by atoms with Gasteiger partial charge in [0.05, 0.1) is 43.7 Å². The Hall–Kier alpha value is -3.54. The summed E-state index contributed by atoms with van der Waals surface area (Å²) in [4.78, 5) is 38.2. The van der Waals surface area contributed by atoms with Crippen LogP contribution in [0.15, 0.2) is 12.4 Å². The summed E-state index contributed by atoms with van der Waals surface area (Å²) < 4.78 is 10.9. The van der Waals surface area contributed by atoms with Crippen LogP contribution in [0.5, 0.6) is 5.75 Å². The number of halogens is 1. The van der Waals surface area contributed by atoms with Crippen molar-refractivity contribution in [3.8, 4) is 5.75 Å². The van der Waals surface area contributed by atoms with Crippen LogP contribution in [0.2, 0.25) is 5.15 Å². The number of aromatic nitrogens is 5. The van der Waals surface area contributed by atoms with Gasteiger partial charge in [-0.05, 0) is 19.9 Å². The Balaban J connectivity index is 1.48. The first kappa shape index (κ1) is 24.2. The molecule has 1 amide bonds. The molecule has 0 unspecified atom stereocenters. The average molecular weight is 511 g/mol. The summed E-state index contributed by atoms with van der Waals surface area (Å²) in [5, 5.41) is 0.103. The predicted octanol–water partition coefficient (Wildman–Crippen LogP) is 2.38. The number of amides is 1. The highest BCUT2D eigenvalue weighted by molar-refractivity contribution is 6.41. The van der Waals surface area contributed by atoms with Crippen molar-refractivity contribution in [2.24, 2.45) is 0 Å². The summed E-state index contributed by atoms with van der Waals surface area (Å²) in [5.41, 5.74) is 10.0. The lowest BCUT2D eigenvalue weighted by Gasteiger charge is -2.25. The number of nitrogens with zero attached hydrogens (tertiary/aromatic N) is 6. The van der Waals surface area contributed by atoms with Gasteiger partial charge in [0.25, 0.3) is 5.91 Å². The molecule has 1 fully saturated rings. The van der Waals surface area contributed by atoms with Gasteiger partial charge in [0.2, 0.25) is 5.95 Å². The van der Waals surface area contributed by atoms with E-state index in [1.54, 1.807) is 25.6 Å². The molecule has 0 radical (unpaired) electrons. The third-order valence-electron chi connectivity index (χ3n) is 6.35. The number of methoxy groups -OCH3 is 1. The second-order valence-electron chi connectivity index (χ2n) is 8.75. The smallest absolute Gasteiger partial charge is 0.260 e. The molecule has 5 heterocycles. The quantitative estimate of drug-likeness (QED) is 0.378. The lowest BCUT2D eigenvalue weighted by Crippen LogP contribution is -2.35. The van der Waals surface area contributed by atoms with Gasteiger partial charge < -0.3 is 20.2 Å². The zero-order valence-corrected chi connectivity index (χ0v) is 21.1. The first-order chi connectivity index (χ1) is 17.4. The highest BCUT2D eigenvalue weighted by Gasteiger charge is 2.37. The second kappa shape index (κ2) is 9.84. The van der Waals surface area contributed by atoms with E-state index in [1.165, 1.54) is 4.90 Å². The van der Waals surface area contributed by atoms with Crippen LogP contribution in [0.25, 0.3) is 11.6 Å². The number of anilines is 2. The number of imidazole rings is 1. The molecule has 0 aromatic carbocycles. The zero-order valence-electron chi connectivity index (χ0n) is 20.3. The van der Waals surface area contributed by atoms with Crippen LogP contribution < -0.4 is 15.4 Å². The van der Waals surface area contributed by atoms with E-state index in [4.69, 9.17) is 26.8 Å². The van der Waals surface area contributed by atoms with Gasteiger partial charge in [0.1, 0.15) is 16.7 Å². The summed E-state index contributed by atoms with van der Waals surface area (Å²) in [7, 11) is 1.61. The normalized spacial score (nSPS) is 17.2. The average Bonchev–Trinajstić information content (AvgIpc) is 3.39. The molecule has 5 rings (SSSR count). The molecule has 2 aliphatic rings. The summed E-state index contributed by atoms with van der Waals surface area (Å²) in [6.45, 7) is 7.88. The lowest BCUT2D eigenvalue weighted by molar-refractivity contribution is -0.113. The molecule has 0 atom stereocenters. The number of nitrogens with two attached hydrogens (primary N) is 1. The summed E-state index contributed by atoms with van der Waals surface area (Å²) in [6.07, 6.45) is 5.16. The minimum Gasteiger partial charge on any atom is -0.496 e. The third kappa shape index (κ3) is 4.52. The minimum atomic E-state index is -0.293. The van der Waals surface area contributed by atoms with Gasteiger partial charge in [0.15, 0.2) is 5.82 Å². The number of rotatable bonds is 6. The number of hydrogen-bond acceptors (Lipinski definition) is 9. The fourth-order valence-corrected chi connectivity index (χ4v) is 4.81. The van der Waals surface area contributed by atoms with E-state index < -0.39 is 0 Å². The first-order valence-electron chi connectivity index (χ1n) is 11.6. The molecule has 0 spiro atoms. The molecule has 3 aromatic rings. The zero-order chi connectivity index (χ0) is 25.4. The number of nitrogens with one attached hydrogen (secondary N) is 1. The standard InChI is InChI=1S/C24H27ClN8O3/c1-13-9-27-17(14(2)20(13)35-3)12-33-22-19(21(25)30-24(26)31-22)16(23(33)34)8-18-28-10-15(29-18)11-32-4-6-36-7-5-32/h8-10H,4-7,11-12H2,1-3H3,(H,28,29)(H2,26,30,31)/b16-8+. The number of H-pyrrole nitrogens is 1. The maximum Gasteiger partial charge on any atom is 0.260 e. The topological polar surface area (TPSA) is 135 Å². The highest BCUT2D eigenvalue weighted by atomic mass is 35.5. The van der Waals surface area contributed by atoms with Gasteiger partial charge >= 0.3 is 0 Å². The predicted molar refractivity (Wildman–Crippen MR) is 135 cm³/mol. The first-order valence-corrected chi connectivity index (χ1v) is 11.9. The molecule has 188 valence electrons. The summed E-state index contributed by atoms with van der Waals surface area (Å²) in [6, 6.07) is 0. The Kier molecular flexibility index (Phi) is 6.61. The Bertz CT molecular complexity index is 1350. The van der Waals surface area contributed by atoms with Gasteiger partial charge in [-0.1, -0.05) is 11.6 Å². The second-order valence-corrected chi connectivity index (χ2v) is 9.11. The van der Waals surface area contributed by atoms with E-state index in [2.05, 4.69) is 29.8 Å². The summed E-state index contributed by atoms with van der Waals surface area (Å²) >= 11 is 6.47. The van der Waals surface area contributed by atoms with Crippen molar-refractivity contribution >= 4 is 40.9 Å². The monoisotopic (exact) mass is 510 g/mol. The van der Waals surface area contributed by atoms with Crippen molar-refractivity contribution in [1.82, 2.24) is 29.8 Å². The highest BCUT2D eigenvalue weighted by Crippen LogP contribution is 2.41. The molecule has 2 aliphatic heterocycles. The Morgan fingerprint density at radius 3 is 2.72 bits per heavy atom. The van der Waals surface area contributed by atoms with Gasteiger partial charge in [-0.15, -0.1) is 0 Å². The van der Waals surface area contributed by atoms with Gasteiger partial charge in [0, 0.05) is 48.8 Å². The SMILES string of the molecule is COc1c(C)cnc(CN2C(=O)/C(=C/c3ncc(CN4CCOCC4)[nH]3)c3c(Cl)nc(N)nc32)c1C. The Labute approximate surface area is 213 Å². The molecule has 0 aliphatic carbocycles. The van der Waals surface area contributed by atoms with E-state index in [9.17, 15) is 4.79 Å². The number of hydrogen-bond donors (Lipinski definition) is 2. The van der Waals surface area contributed by atoms with Gasteiger partial charge in [-0.25, -0.2) is 9.97 Å². The van der Waals surface area contributed by atoms with Crippen LogP contribution in [0.3, 0.4) is 0 Å². The maximum absolute atomic E-state index is 13.7. The van der Waals surface area contributed by atoms with Crippen molar-refractivity contribution in [2.75, 3.05) is 44.0 Å². The number of morpholine rings is 1. The Morgan fingerprint density at radius 2 is 1.97 bits per heavy atom. The van der Waals surface area contributed by atoms with Crippen LogP contribution in [0.1, 0.15) is 33.9 Å². The van der Waals surface area contributed by atoms with E-state index in [0.29, 0.717) is 28.5 Å². The number of ether oxygens (including phenoxy) is 2. The number of nitrogen functional groups attached to an aromatic ring is 1. The van der Waals surface area contributed by atoms with Gasteiger partial charge in [-0.2, -0.15) is 4.98 Å². The fraction of sp³-hybridized carbons (Fsp3) is 0.375. The maximum atomic E-state index is 13.7. The lowest BCUT2D eigenvalue weighted by atomic mass is 10.1. The number of fused-ring (bicyclic) bond motifs is 1. The summed E-state index contributed by atoms with van der Waals surface area (Å²) in [5.74, 6) is 1.29. The van der Waals surface area contributed by atoms with Crippen molar-refractivity contribution in [2.45, 2.75) is 26.9 Å². The van der Waals surface area contributed by atoms with Crippen LogP contribution in [-0.4, -0.2) is 69.1 Å². The van der Waals surface area contributed by atoms with Crippen LogP contribution in [0.4, 0.5) is 11.8 Å². The van der Waals surface area contributed by atoms with E-state index in [0.717, 1.165) is 55.4 Å². The van der Waals surface area contributed by atoms with Crippen molar-refractivity contribution < 1.29 is 14.3 Å². The third-order valence-corrected chi connectivity index (χ3v) is 6.62. The molecular weight excluding hydrogens is 484 g/mol. The number of carbonyl (C=O) groups excluding carboxylic acids is 1. The molecule has 11 nitrogen and oxygen atoms in total. The number of aryl methyl sites for hydroxylation is 1. The molecular formula is C24H27ClN8O3. The van der Waals surface area contributed by atoms with Crippen molar-refractivity contribution in [1.29, 1.82) is 0 Å². The number of carbonyl (C=O) groups is 1. The molecule has 12 heteroatoms. The molecule has 1 saturated heterocycles. The number of aromatic amines is 1. The minimum absolute atomic E-state index is 0.0187. The molecule has 3 aromatic heterocycles. The van der Waals surface area contributed by atoms with E-state index >= 15 is 0 Å². The molecule has 0 bridgehead atoms. The van der Waals surface area contributed by atoms with Crippen molar-refractivity contribution in [3.05, 3.63) is 51.4 Å². The largest absolute Gasteiger partial charge is 0.496 e. The molecule has 0 saturated carbocycles. The van der Waals surface area contributed by atoms with Crippen molar-refractivity contribution in [3.63, 3.8) is 0 Å². The van der Waals surface area contributed by atoms with Crippen LogP contribution >= 0.6 is 11.6 Å². The molecule has 36 heavy (non-hydrogen) atoms. The Morgan fingerprint density at radius 1 is 1.19 bits per heavy atom. The number of pyridine rings is 1. The van der Waals surface area contributed by atoms with E-state index in [1.807, 2.05) is 13.8 Å². The molecule has 3 N–H and O–H groups in total. The van der Waals surface area contributed by atoms with Crippen LogP contribution in [0, 0.1) is 13.8 Å². The fourth-order valence-electron chi connectivity index (χ4n) is 4.54. The van der Waals surface area contributed by atoms with Gasteiger partial charge in [-0.3, -0.25) is 19.6 Å².